The maximum Gasteiger partial charge on any atom is 0.317 e. The van der Waals surface area contributed by atoms with Crippen molar-refractivity contribution in [1.29, 1.82) is 0 Å². The van der Waals surface area contributed by atoms with Crippen LogP contribution in [0.2, 0.25) is 0 Å². The quantitative estimate of drug-likeness (QED) is 0.633. The predicted octanol–water partition coefficient (Wildman–Crippen LogP) is -0.223. The molecule has 15 heavy (non-hydrogen) atoms. The molecule has 2 saturated heterocycles. The summed E-state index contributed by atoms with van der Waals surface area (Å²) in [5, 5.41) is 6.37. The largest absolute Gasteiger partial charge is 0.374 e. The zero-order valence-corrected chi connectivity index (χ0v) is 9.32. The number of carbonyl (C=O) groups is 1. The van der Waals surface area contributed by atoms with Gasteiger partial charge in [0.1, 0.15) is 0 Å². The summed E-state index contributed by atoms with van der Waals surface area (Å²) < 4.78 is 5.70. The normalized spacial score (nSPS) is 34.7. The number of amides is 2. The first kappa shape index (κ1) is 10.7. The van der Waals surface area contributed by atoms with Crippen LogP contribution in [0.1, 0.15) is 12.8 Å². The summed E-state index contributed by atoms with van der Waals surface area (Å²) in [5.74, 6) is 0. The van der Waals surface area contributed by atoms with Crippen molar-refractivity contribution >= 4 is 6.03 Å². The molecular formula is C10H19N3O2. The van der Waals surface area contributed by atoms with Gasteiger partial charge in [0.05, 0.1) is 12.1 Å². The molecular weight excluding hydrogens is 194 g/mol. The number of urea groups is 1. The third-order valence-corrected chi connectivity index (χ3v) is 3.08. The first-order valence-electron chi connectivity index (χ1n) is 5.51. The van der Waals surface area contributed by atoms with E-state index < -0.39 is 0 Å². The Morgan fingerprint density at radius 3 is 3.07 bits per heavy atom. The van der Waals surface area contributed by atoms with Gasteiger partial charge in [0.25, 0.3) is 0 Å². The number of rotatable bonds is 1. The zero-order valence-electron chi connectivity index (χ0n) is 9.32. The highest BCUT2D eigenvalue weighted by atomic mass is 16.5. The average molecular weight is 213 g/mol. The Morgan fingerprint density at radius 2 is 2.33 bits per heavy atom. The minimum atomic E-state index is -0.0448. The van der Waals surface area contributed by atoms with Crippen LogP contribution >= 0.6 is 0 Å². The van der Waals surface area contributed by atoms with E-state index in [1.807, 2.05) is 0 Å². The Morgan fingerprint density at radius 1 is 1.53 bits per heavy atom. The maximum absolute atomic E-state index is 11.5. The van der Waals surface area contributed by atoms with Crippen LogP contribution in [-0.2, 0) is 4.74 Å². The summed E-state index contributed by atoms with van der Waals surface area (Å²) >= 11 is 0. The molecule has 0 bridgehead atoms. The molecule has 2 amide bonds. The van der Waals surface area contributed by atoms with E-state index in [0.29, 0.717) is 6.04 Å². The van der Waals surface area contributed by atoms with Crippen molar-refractivity contribution in [3.8, 4) is 0 Å². The fraction of sp³-hybridized carbons (Fsp3) is 0.900. The summed E-state index contributed by atoms with van der Waals surface area (Å²) in [7, 11) is 3.49. The van der Waals surface area contributed by atoms with Crippen LogP contribution in [-0.4, -0.2) is 56.4 Å². The molecule has 3 atom stereocenters. The lowest BCUT2D eigenvalue weighted by atomic mass is 10.0. The van der Waals surface area contributed by atoms with Gasteiger partial charge in [-0.3, -0.25) is 0 Å². The topological polar surface area (TPSA) is 53.6 Å². The number of carbonyl (C=O) groups excluding carboxylic acids is 1. The highest BCUT2D eigenvalue weighted by molar-refractivity contribution is 5.74. The predicted molar refractivity (Wildman–Crippen MR) is 56.8 cm³/mol. The molecule has 2 N–H and O–H groups in total. The van der Waals surface area contributed by atoms with E-state index in [-0.39, 0.29) is 18.2 Å². The lowest BCUT2D eigenvalue weighted by molar-refractivity contribution is -0.00131. The number of nitrogens with one attached hydrogen (secondary N) is 2. The summed E-state index contributed by atoms with van der Waals surface area (Å²) in [5.41, 5.74) is 0. The van der Waals surface area contributed by atoms with Crippen molar-refractivity contribution in [3.05, 3.63) is 0 Å². The Labute approximate surface area is 90.1 Å². The van der Waals surface area contributed by atoms with E-state index in [0.717, 1.165) is 26.0 Å². The van der Waals surface area contributed by atoms with Crippen LogP contribution < -0.4 is 10.6 Å². The first-order chi connectivity index (χ1) is 7.18. The molecule has 0 saturated carbocycles. The number of hydrogen-bond donors (Lipinski definition) is 2. The van der Waals surface area contributed by atoms with E-state index in [1.54, 1.807) is 19.0 Å². The highest BCUT2D eigenvalue weighted by Gasteiger charge is 2.39. The molecule has 2 aliphatic rings. The van der Waals surface area contributed by atoms with Crippen molar-refractivity contribution in [1.82, 2.24) is 15.5 Å². The molecule has 0 aromatic carbocycles. The molecule has 5 nitrogen and oxygen atoms in total. The van der Waals surface area contributed by atoms with Crippen molar-refractivity contribution in [2.75, 3.05) is 27.2 Å². The molecule has 0 aromatic heterocycles. The number of fused-ring (bicyclic) bond motifs is 1. The maximum atomic E-state index is 11.5. The molecule has 2 heterocycles. The Kier molecular flexibility index (Phi) is 3.11. The van der Waals surface area contributed by atoms with Gasteiger partial charge in [0.15, 0.2) is 0 Å². The fourth-order valence-electron chi connectivity index (χ4n) is 2.23. The average Bonchev–Trinajstić information content (AvgIpc) is 2.62. The molecule has 0 spiro atoms. The minimum absolute atomic E-state index is 0.0448. The summed E-state index contributed by atoms with van der Waals surface area (Å²) in [6, 6.07) is 0.494. The zero-order chi connectivity index (χ0) is 10.8. The van der Waals surface area contributed by atoms with Gasteiger partial charge >= 0.3 is 6.03 Å². The van der Waals surface area contributed by atoms with Gasteiger partial charge < -0.3 is 20.3 Å². The Balaban J connectivity index is 1.90. The lowest BCUT2D eigenvalue weighted by Gasteiger charge is -2.29. The second-order valence-electron chi connectivity index (χ2n) is 4.44. The number of hydrogen-bond acceptors (Lipinski definition) is 3. The van der Waals surface area contributed by atoms with Gasteiger partial charge in [-0.25, -0.2) is 4.79 Å². The van der Waals surface area contributed by atoms with Crippen LogP contribution in [0.15, 0.2) is 0 Å². The second-order valence-corrected chi connectivity index (χ2v) is 4.44. The molecule has 2 aliphatic heterocycles. The van der Waals surface area contributed by atoms with E-state index >= 15 is 0 Å². The monoisotopic (exact) mass is 213 g/mol. The van der Waals surface area contributed by atoms with E-state index in [4.69, 9.17) is 4.74 Å². The summed E-state index contributed by atoms with van der Waals surface area (Å²) in [4.78, 5) is 13.1. The van der Waals surface area contributed by atoms with Crippen LogP contribution in [0.3, 0.4) is 0 Å². The molecule has 2 fully saturated rings. The van der Waals surface area contributed by atoms with Crippen LogP contribution in [0, 0.1) is 0 Å². The summed E-state index contributed by atoms with van der Waals surface area (Å²) in [6.45, 7) is 1.63. The number of ether oxygens (including phenoxy) is 1. The van der Waals surface area contributed by atoms with Crippen molar-refractivity contribution < 1.29 is 9.53 Å². The van der Waals surface area contributed by atoms with Crippen molar-refractivity contribution in [2.45, 2.75) is 31.0 Å². The lowest BCUT2D eigenvalue weighted by Crippen LogP contribution is -2.50. The highest BCUT2D eigenvalue weighted by Crippen LogP contribution is 2.21. The molecule has 2 rings (SSSR count). The van der Waals surface area contributed by atoms with E-state index in [2.05, 4.69) is 10.6 Å². The van der Waals surface area contributed by atoms with Gasteiger partial charge in [-0.05, 0) is 12.8 Å². The van der Waals surface area contributed by atoms with E-state index in [1.165, 1.54) is 0 Å². The van der Waals surface area contributed by atoms with Gasteiger partial charge in [0.2, 0.25) is 0 Å². The molecule has 0 aliphatic carbocycles. The molecule has 0 aromatic rings. The molecule has 86 valence electrons. The Hall–Kier alpha value is -0.810. The molecule has 5 heteroatoms. The minimum Gasteiger partial charge on any atom is -0.374 e. The standard InChI is InChI=1S/C10H19N3O2/c1-13(2)10(14)12-8-6-11-7-4-3-5-15-9(7)8/h7-9,11H,3-6H2,1-2H3,(H,12,14)/t7?,8-,9?/m0/s1. The van der Waals surface area contributed by atoms with Gasteiger partial charge in [0, 0.05) is 33.3 Å². The van der Waals surface area contributed by atoms with Gasteiger partial charge in [-0.2, -0.15) is 0 Å². The Bertz CT molecular complexity index is 245. The fourth-order valence-corrected chi connectivity index (χ4v) is 2.23. The molecule has 0 radical (unpaired) electrons. The van der Waals surface area contributed by atoms with Gasteiger partial charge in [-0.1, -0.05) is 0 Å². The first-order valence-corrected chi connectivity index (χ1v) is 5.51. The van der Waals surface area contributed by atoms with Crippen LogP contribution in [0.4, 0.5) is 4.79 Å². The van der Waals surface area contributed by atoms with Crippen LogP contribution in [0.25, 0.3) is 0 Å². The third-order valence-electron chi connectivity index (χ3n) is 3.08. The van der Waals surface area contributed by atoms with Crippen LogP contribution in [0.5, 0.6) is 0 Å². The molecule has 2 unspecified atom stereocenters. The SMILES string of the molecule is CN(C)C(=O)N[C@H]1CNC2CCCOC21. The van der Waals surface area contributed by atoms with E-state index in [9.17, 15) is 4.79 Å². The smallest absolute Gasteiger partial charge is 0.317 e. The van der Waals surface area contributed by atoms with Crippen molar-refractivity contribution in [3.63, 3.8) is 0 Å². The number of nitrogens with zero attached hydrogens (tertiary/aromatic N) is 1. The third kappa shape index (κ3) is 2.23. The van der Waals surface area contributed by atoms with Gasteiger partial charge in [-0.15, -0.1) is 0 Å². The second kappa shape index (κ2) is 4.37. The van der Waals surface area contributed by atoms with Crippen molar-refractivity contribution in [2.24, 2.45) is 0 Å². The summed E-state index contributed by atoms with van der Waals surface area (Å²) in [6.07, 6.45) is 2.42.